The second-order valence-corrected chi connectivity index (χ2v) is 4.08. The molecule has 1 saturated carbocycles. The van der Waals surface area contributed by atoms with E-state index in [1.54, 1.807) is 0 Å². The van der Waals surface area contributed by atoms with Gasteiger partial charge in [-0.25, -0.2) is 0 Å². The van der Waals surface area contributed by atoms with Crippen LogP contribution in [0.3, 0.4) is 0 Å². The van der Waals surface area contributed by atoms with Crippen molar-refractivity contribution < 1.29 is 9.59 Å². The molecule has 2 N–H and O–H groups in total. The van der Waals surface area contributed by atoms with Crippen molar-refractivity contribution in [2.75, 3.05) is 13.1 Å². The standard InChI is InChI=1S/C9H14N2O2/c1-5(3-10)4-11-8(12)6-2-7(6)9(11)13/h5-7H,2-4,10H2,1H3. The molecule has 4 nitrogen and oxygen atoms in total. The molecule has 1 saturated heterocycles. The van der Waals surface area contributed by atoms with E-state index >= 15 is 0 Å². The largest absolute Gasteiger partial charge is 0.330 e. The van der Waals surface area contributed by atoms with Crippen LogP contribution in [0.25, 0.3) is 0 Å². The van der Waals surface area contributed by atoms with Crippen LogP contribution in [0.15, 0.2) is 0 Å². The number of imide groups is 1. The molecule has 13 heavy (non-hydrogen) atoms. The molecule has 2 rings (SSSR count). The molecule has 0 aromatic heterocycles. The number of rotatable bonds is 3. The van der Waals surface area contributed by atoms with Gasteiger partial charge in [0.15, 0.2) is 0 Å². The topological polar surface area (TPSA) is 63.4 Å². The summed E-state index contributed by atoms with van der Waals surface area (Å²) in [6.45, 7) is 2.97. The molecule has 1 aliphatic carbocycles. The molecule has 2 amide bonds. The van der Waals surface area contributed by atoms with Gasteiger partial charge in [-0.1, -0.05) is 6.92 Å². The Morgan fingerprint density at radius 1 is 1.46 bits per heavy atom. The first kappa shape index (κ1) is 8.69. The van der Waals surface area contributed by atoms with Crippen LogP contribution in [0.1, 0.15) is 13.3 Å². The van der Waals surface area contributed by atoms with Gasteiger partial charge in [-0.15, -0.1) is 0 Å². The average Bonchev–Trinajstić information content (AvgIpc) is 2.86. The van der Waals surface area contributed by atoms with Gasteiger partial charge in [-0.05, 0) is 18.9 Å². The third-order valence-electron chi connectivity index (χ3n) is 2.85. The lowest BCUT2D eigenvalue weighted by Gasteiger charge is -2.19. The summed E-state index contributed by atoms with van der Waals surface area (Å²) in [5.41, 5.74) is 5.44. The van der Waals surface area contributed by atoms with E-state index in [1.807, 2.05) is 6.92 Å². The zero-order valence-electron chi connectivity index (χ0n) is 7.69. The van der Waals surface area contributed by atoms with Gasteiger partial charge in [-0.3, -0.25) is 14.5 Å². The van der Waals surface area contributed by atoms with E-state index in [0.717, 1.165) is 6.42 Å². The van der Waals surface area contributed by atoms with Crippen molar-refractivity contribution in [3.63, 3.8) is 0 Å². The number of fused-ring (bicyclic) bond motifs is 1. The highest BCUT2D eigenvalue weighted by Crippen LogP contribution is 2.46. The molecule has 2 fully saturated rings. The lowest BCUT2D eigenvalue weighted by molar-refractivity contribution is -0.141. The maximum absolute atomic E-state index is 11.5. The smallest absolute Gasteiger partial charge is 0.233 e. The van der Waals surface area contributed by atoms with Gasteiger partial charge in [0, 0.05) is 6.54 Å². The van der Waals surface area contributed by atoms with Crippen molar-refractivity contribution in [3.05, 3.63) is 0 Å². The van der Waals surface area contributed by atoms with Gasteiger partial charge in [-0.2, -0.15) is 0 Å². The van der Waals surface area contributed by atoms with E-state index in [0.29, 0.717) is 13.1 Å². The maximum Gasteiger partial charge on any atom is 0.233 e. The number of hydrogen-bond donors (Lipinski definition) is 1. The minimum Gasteiger partial charge on any atom is -0.330 e. The third kappa shape index (κ3) is 1.25. The number of carbonyl (C=O) groups is 2. The summed E-state index contributed by atoms with van der Waals surface area (Å²) in [4.78, 5) is 24.3. The monoisotopic (exact) mass is 182 g/mol. The van der Waals surface area contributed by atoms with E-state index in [9.17, 15) is 9.59 Å². The van der Waals surface area contributed by atoms with Crippen LogP contribution in [0.5, 0.6) is 0 Å². The summed E-state index contributed by atoms with van der Waals surface area (Å²) >= 11 is 0. The summed E-state index contributed by atoms with van der Waals surface area (Å²) in [6, 6.07) is 0. The molecular formula is C9H14N2O2. The van der Waals surface area contributed by atoms with Crippen molar-refractivity contribution in [1.82, 2.24) is 4.90 Å². The molecule has 72 valence electrons. The van der Waals surface area contributed by atoms with Gasteiger partial charge < -0.3 is 5.73 Å². The SMILES string of the molecule is CC(CN)CN1C(=O)C2CC2C1=O. The van der Waals surface area contributed by atoms with E-state index < -0.39 is 0 Å². The number of carbonyl (C=O) groups excluding carboxylic acids is 2. The van der Waals surface area contributed by atoms with Crippen LogP contribution in [-0.2, 0) is 9.59 Å². The van der Waals surface area contributed by atoms with Crippen LogP contribution < -0.4 is 5.73 Å². The second-order valence-electron chi connectivity index (χ2n) is 4.08. The van der Waals surface area contributed by atoms with Crippen molar-refractivity contribution in [2.45, 2.75) is 13.3 Å². The van der Waals surface area contributed by atoms with E-state index in [2.05, 4.69) is 0 Å². The zero-order chi connectivity index (χ0) is 9.59. The van der Waals surface area contributed by atoms with Gasteiger partial charge >= 0.3 is 0 Å². The second kappa shape index (κ2) is 2.80. The Hall–Kier alpha value is -0.900. The summed E-state index contributed by atoms with van der Waals surface area (Å²) in [6.07, 6.45) is 0.783. The Labute approximate surface area is 77.1 Å². The average molecular weight is 182 g/mol. The minimum absolute atomic E-state index is 0.0234. The number of hydrogen-bond acceptors (Lipinski definition) is 3. The quantitative estimate of drug-likeness (QED) is 0.603. The number of nitrogens with zero attached hydrogens (tertiary/aromatic N) is 1. The predicted molar refractivity (Wildman–Crippen MR) is 46.5 cm³/mol. The Morgan fingerprint density at radius 3 is 2.46 bits per heavy atom. The molecule has 1 heterocycles. The summed E-state index contributed by atoms with van der Waals surface area (Å²) in [5, 5.41) is 0. The summed E-state index contributed by atoms with van der Waals surface area (Å²) in [5.74, 6) is 0.311. The first-order valence-corrected chi connectivity index (χ1v) is 4.70. The molecule has 4 heteroatoms. The Bertz CT molecular complexity index is 244. The van der Waals surface area contributed by atoms with Crippen LogP contribution in [0.2, 0.25) is 0 Å². The van der Waals surface area contributed by atoms with Crippen molar-refractivity contribution in [2.24, 2.45) is 23.5 Å². The van der Waals surface area contributed by atoms with Crippen LogP contribution in [0.4, 0.5) is 0 Å². The molecule has 0 radical (unpaired) electrons. The number of likely N-dealkylation sites (tertiary alicyclic amines) is 1. The molecule has 1 aliphatic heterocycles. The lowest BCUT2D eigenvalue weighted by Crippen LogP contribution is -2.38. The molecule has 2 aliphatic rings. The predicted octanol–water partition coefficient (Wildman–Crippen LogP) is -0.414. The van der Waals surface area contributed by atoms with E-state index in [-0.39, 0.29) is 29.6 Å². The fraction of sp³-hybridized carbons (Fsp3) is 0.778. The molecular weight excluding hydrogens is 168 g/mol. The van der Waals surface area contributed by atoms with Gasteiger partial charge in [0.2, 0.25) is 11.8 Å². The highest BCUT2D eigenvalue weighted by Gasteiger charge is 2.58. The molecule has 0 spiro atoms. The van der Waals surface area contributed by atoms with Crippen molar-refractivity contribution in [1.29, 1.82) is 0 Å². The zero-order valence-corrected chi connectivity index (χ0v) is 7.69. The summed E-state index contributed by atoms with van der Waals surface area (Å²) in [7, 11) is 0. The van der Waals surface area contributed by atoms with E-state index in [4.69, 9.17) is 5.73 Å². The van der Waals surface area contributed by atoms with Crippen LogP contribution in [0, 0.1) is 17.8 Å². The highest BCUT2D eigenvalue weighted by molar-refractivity contribution is 6.08. The normalized spacial score (nSPS) is 33.5. The fourth-order valence-corrected chi connectivity index (χ4v) is 1.82. The van der Waals surface area contributed by atoms with Crippen LogP contribution in [-0.4, -0.2) is 29.8 Å². The highest BCUT2D eigenvalue weighted by atomic mass is 16.2. The van der Waals surface area contributed by atoms with Crippen LogP contribution >= 0.6 is 0 Å². The fourth-order valence-electron chi connectivity index (χ4n) is 1.82. The Morgan fingerprint density at radius 2 is 2.00 bits per heavy atom. The molecule has 3 atom stereocenters. The number of piperidine rings is 1. The number of nitrogens with two attached hydrogens (primary N) is 1. The first-order valence-electron chi connectivity index (χ1n) is 4.70. The Kier molecular flexibility index (Phi) is 1.87. The molecule has 0 bridgehead atoms. The van der Waals surface area contributed by atoms with E-state index in [1.165, 1.54) is 4.90 Å². The molecule has 0 aromatic carbocycles. The van der Waals surface area contributed by atoms with Crippen molar-refractivity contribution >= 4 is 11.8 Å². The van der Waals surface area contributed by atoms with Gasteiger partial charge in [0.05, 0.1) is 11.8 Å². The first-order chi connectivity index (χ1) is 6.15. The minimum atomic E-state index is 0.0234. The van der Waals surface area contributed by atoms with Gasteiger partial charge in [0.1, 0.15) is 0 Å². The summed E-state index contributed by atoms with van der Waals surface area (Å²) < 4.78 is 0. The van der Waals surface area contributed by atoms with Gasteiger partial charge in [0.25, 0.3) is 0 Å². The van der Waals surface area contributed by atoms with Crippen molar-refractivity contribution in [3.8, 4) is 0 Å². The third-order valence-corrected chi connectivity index (χ3v) is 2.85. The number of amides is 2. The molecule has 0 aromatic rings. The lowest BCUT2D eigenvalue weighted by atomic mass is 10.1. The Balaban J connectivity index is 2.00. The maximum atomic E-state index is 11.5. The molecule has 3 unspecified atom stereocenters.